The molecule has 0 aliphatic heterocycles. The standard InChI is InChI=1S/C15H16FN3O2/c16-12-4-6-14(7-5-12)21-10-9-18-15(20)19-11-13-3-1-2-8-17-13/h1-8H,9-11H2,(H2,18,19,20). The second-order valence-electron chi connectivity index (χ2n) is 4.23. The number of benzene rings is 1. The van der Waals surface area contributed by atoms with Gasteiger partial charge in [-0.05, 0) is 36.4 Å². The molecule has 110 valence electrons. The van der Waals surface area contributed by atoms with Crippen molar-refractivity contribution in [2.75, 3.05) is 13.2 Å². The minimum atomic E-state index is -0.311. The number of aromatic nitrogens is 1. The molecule has 0 fully saturated rings. The number of nitrogens with zero attached hydrogens (tertiary/aromatic N) is 1. The largest absolute Gasteiger partial charge is 0.492 e. The number of halogens is 1. The Kier molecular flexibility index (Phi) is 5.51. The Labute approximate surface area is 122 Å². The van der Waals surface area contributed by atoms with Crippen molar-refractivity contribution in [1.29, 1.82) is 0 Å². The second-order valence-corrected chi connectivity index (χ2v) is 4.23. The van der Waals surface area contributed by atoms with Crippen LogP contribution in [0.15, 0.2) is 48.7 Å². The predicted molar refractivity (Wildman–Crippen MR) is 76.4 cm³/mol. The molecule has 0 aliphatic carbocycles. The Hall–Kier alpha value is -2.63. The molecule has 2 amide bonds. The fourth-order valence-corrected chi connectivity index (χ4v) is 1.60. The first-order valence-corrected chi connectivity index (χ1v) is 6.54. The molecule has 5 nitrogen and oxygen atoms in total. The Bertz CT molecular complexity index is 561. The van der Waals surface area contributed by atoms with E-state index in [0.29, 0.717) is 25.4 Å². The third kappa shape index (κ3) is 5.48. The molecule has 0 bridgehead atoms. The topological polar surface area (TPSA) is 63.2 Å². The zero-order valence-corrected chi connectivity index (χ0v) is 11.4. The Morgan fingerprint density at radius 2 is 1.95 bits per heavy atom. The van der Waals surface area contributed by atoms with Crippen LogP contribution < -0.4 is 15.4 Å². The van der Waals surface area contributed by atoms with Gasteiger partial charge in [0.1, 0.15) is 18.2 Å². The van der Waals surface area contributed by atoms with Crippen molar-refractivity contribution in [3.63, 3.8) is 0 Å². The highest BCUT2D eigenvalue weighted by molar-refractivity contribution is 5.73. The molecule has 0 saturated heterocycles. The van der Waals surface area contributed by atoms with Gasteiger partial charge in [0.15, 0.2) is 0 Å². The molecule has 0 radical (unpaired) electrons. The lowest BCUT2D eigenvalue weighted by atomic mass is 10.3. The third-order valence-electron chi connectivity index (χ3n) is 2.63. The lowest BCUT2D eigenvalue weighted by Crippen LogP contribution is -2.37. The number of urea groups is 1. The van der Waals surface area contributed by atoms with E-state index in [4.69, 9.17) is 4.74 Å². The molecule has 2 N–H and O–H groups in total. The zero-order valence-electron chi connectivity index (χ0n) is 11.4. The molecule has 1 aromatic carbocycles. The Morgan fingerprint density at radius 1 is 1.14 bits per heavy atom. The molecule has 1 heterocycles. The van der Waals surface area contributed by atoms with E-state index in [9.17, 15) is 9.18 Å². The van der Waals surface area contributed by atoms with Gasteiger partial charge in [-0.25, -0.2) is 9.18 Å². The van der Waals surface area contributed by atoms with Gasteiger partial charge in [-0.15, -0.1) is 0 Å². The summed E-state index contributed by atoms with van der Waals surface area (Å²) in [6.45, 7) is 1.03. The van der Waals surface area contributed by atoms with Crippen LogP contribution in [0.1, 0.15) is 5.69 Å². The summed E-state index contributed by atoms with van der Waals surface area (Å²) >= 11 is 0. The van der Waals surface area contributed by atoms with Crippen molar-refractivity contribution in [1.82, 2.24) is 15.6 Å². The molecule has 2 aromatic rings. The third-order valence-corrected chi connectivity index (χ3v) is 2.63. The number of amides is 2. The maximum Gasteiger partial charge on any atom is 0.315 e. The average Bonchev–Trinajstić information content (AvgIpc) is 2.52. The Balaban J connectivity index is 1.60. The highest BCUT2D eigenvalue weighted by Gasteiger charge is 2.00. The number of rotatable bonds is 6. The second kappa shape index (κ2) is 7.84. The number of carbonyl (C=O) groups is 1. The predicted octanol–water partition coefficient (Wildman–Crippen LogP) is 2.10. The lowest BCUT2D eigenvalue weighted by Gasteiger charge is -2.08. The first-order valence-electron chi connectivity index (χ1n) is 6.54. The molecule has 0 aliphatic rings. The maximum absolute atomic E-state index is 12.7. The van der Waals surface area contributed by atoms with E-state index in [1.807, 2.05) is 18.2 Å². The van der Waals surface area contributed by atoms with Crippen molar-refractivity contribution >= 4 is 6.03 Å². The van der Waals surface area contributed by atoms with Crippen molar-refractivity contribution in [3.8, 4) is 5.75 Å². The number of hydrogen-bond acceptors (Lipinski definition) is 3. The van der Waals surface area contributed by atoms with E-state index in [1.54, 1.807) is 6.20 Å². The van der Waals surface area contributed by atoms with Crippen LogP contribution in [0.5, 0.6) is 5.75 Å². The van der Waals surface area contributed by atoms with Gasteiger partial charge in [0.05, 0.1) is 18.8 Å². The lowest BCUT2D eigenvalue weighted by molar-refractivity contribution is 0.236. The van der Waals surface area contributed by atoms with Gasteiger partial charge in [0.25, 0.3) is 0 Å². The maximum atomic E-state index is 12.7. The summed E-state index contributed by atoms with van der Waals surface area (Å²) in [7, 11) is 0. The van der Waals surface area contributed by atoms with Crippen LogP contribution in [-0.2, 0) is 6.54 Å². The van der Waals surface area contributed by atoms with Gasteiger partial charge in [-0.3, -0.25) is 4.98 Å². The molecule has 2 rings (SSSR count). The Morgan fingerprint density at radius 3 is 2.67 bits per heavy atom. The van der Waals surface area contributed by atoms with E-state index < -0.39 is 0 Å². The summed E-state index contributed by atoms with van der Waals surface area (Å²) in [5.74, 6) is 0.251. The van der Waals surface area contributed by atoms with Crippen LogP contribution in [0.3, 0.4) is 0 Å². The normalized spacial score (nSPS) is 9.95. The minimum absolute atomic E-state index is 0.289. The fraction of sp³-hybridized carbons (Fsp3) is 0.200. The highest BCUT2D eigenvalue weighted by Crippen LogP contribution is 2.10. The number of hydrogen-bond donors (Lipinski definition) is 2. The van der Waals surface area contributed by atoms with E-state index in [1.165, 1.54) is 24.3 Å². The van der Waals surface area contributed by atoms with Gasteiger partial charge in [0.2, 0.25) is 0 Å². The van der Waals surface area contributed by atoms with Gasteiger partial charge < -0.3 is 15.4 Å². The van der Waals surface area contributed by atoms with Gasteiger partial charge in [-0.1, -0.05) is 6.07 Å². The first-order chi connectivity index (χ1) is 10.2. The number of carbonyl (C=O) groups excluding carboxylic acids is 1. The molecule has 0 unspecified atom stereocenters. The SMILES string of the molecule is O=C(NCCOc1ccc(F)cc1)NCc1ccccn1. The summed E-state index contributed by atoms with van der Waals surface area (Å²) < 4.78 is 18.0. The summed E-state index contributed by atoms with van der Waals surface area (Å²) in [5.41, 5.74) is 0.787. The monoisotopic (exact) mass is 289 g/mol. The average molecular weight is 289 g/mol. The minimum Gasteiger partial charge on any atom is -0.492 e. The van der Waals surface area contributed by atoms with Gasteiger partial charge in [-0.2, -0.15) is 0 Å². The number of pyridine rings is 1. The van der Waals surface area contributed by atoms with Crippen molar-refractivity contribution in [2.45, 2.75) is 6.54 Å². The summed E-state index contributed by atoms with van der Waals surface area (Å²) in [5, 5.41) is 5.35. The summed E-state index contributed by atoms with van der Waals surface area (Å²) in [6, 6.07) is 10.9. The van der Waals surface area contributed by atoms with Gasteiger partial charge in [0, 0.05) is 6.20 Å². The van der Waals surface area contributed by atoms with E-state index in [0.717, 1.165) is 5.69 Å². The van der Waals surface area contributed by atoms with Crippen molar-refractivity contribution in [3.05, 3.63) is 60.2 Å². The molecule has 0 atom stereocenters. The molecule has 1 aromatic heterocycles. The van der Waals surface area contributed by atoms with Crippen LogP contribution in [0.2, 0.25) is 0 Å². The first kappa shape index (κ1) is 14.8. The van der Waals surface area contributed by atoms with Crippen LogP contribution in [0, 0.1) is 5.82 Å². The smallest absolute Gasteiger partial charge is 0.315 e. The van der Waals surface area contributed by atoms with E-state index in [-0.39, 0.29) is 11.8 Å². The van der Waals surface area contributed by atoms with Crippen molar-refractivity contribution in [2.24, 2.45) is 0 Å². The van der Waals surface area contributed by atoms with E-state index >= 15 is 0 Å². The van der Waals surface area contributed by atoms with E-state index in [2.05, 4.69) is 15.6 Å². The van der Waals surface area contributed by atoms with Gasteiger partial charge >= 0.3 is 6.03 Å². The summed E-state index contributed by atoms with van der Waals surface area (Å²) in [6.07, 6.45) is 1.67. The van der Waals surface area contributed by atoms with Crippen LogP contribution in [-0.4, -0.2) is 24.2 Å². The fourth-order valence-electron chi connectivity index (χ4n) is 1.60. The summed E-state index contributed by atoms with van der Waals surface area (Å²) in [4.78, 5) is 15.6. The molecule has 21 heavy (non-hydrogen) atoms. The quantitative estimate of drug-likeness (QED) is 0.800. The van der Waals surface area contributed by atoms with Crippen LogP contribution in [0.4, 0.5) is 9.18 Å². The van der Waals surface area contributed by atoms with Crippen LogP contribution in [0.25, 0.3) is 0 Å². The molecule has 0 spiro atoms. The highest BCUT2D eigenvalue weighted by atomic mass is 19.1. The zero-order chi connectivity index (χ0) is 14.9. The molecular formula is C15H16FN3O2. The number of ether oxygens (including phenoxy) is 1. The molecular weight excluding hydrogens is 273 g/mol. The number of nitrogens with one attached hydrogen (secondary N) is 2. The molecule has 0 saturated carbocycles. The van der Waals surface area contributed by atoms with Crippen LogP contribution >= 0.6 is 0 Å². The molecule has 6 heteroatoms. The van der Waals surface area contributed by atoms with Crippen molar-refractivity contribution < 1.29 is 13.9 Å².